The third-order valence-corrected chi connectivity index (χ3v) is 6.17. The van der Waals surface area contributed by atoms with Crippen molar-refractivity contribution in [2.45, 2.75) is 58.9 Å². The van der Waals surface area contributed by atoms with Crippen LogP contribution in [0, 0.1) is 18.3 Å². The van der Waals surface area contributed by atoms with Crippen LogP contribution in [0.25, 0.3) is 0 Å². The molecule has 1 aromatic carbocycles. The number of allylic oxidation sites excluding steroid dienone is 3. The number of aryl methyl sites for hydroxylation is 1. The summed E-state index contributed by atoms with van der Waals surface area (Å²) in [5.41, 5.74) is 6.34. The van der Waals surface area contributed by atoms with Gasteiger partial charge >= 0.3 is 0 Å². The zero-order valence-electron chi connectivity index (χ0n) is 14.1. The standard InChI is InChI=1S/C21H27N/c1-15-10-12-17(13-11-15)22-19-9-4-5-14-21(19,3)18-8-6-7-16(2)20(18)22/h6,8,10-13,16,19H,4-5,7,9,14H2,1-3H3. The molecular formula is C21H27N. The highest BCUT2D eigenvalue weighted by Crippen LogP contribution is 2.56. The Hall–Kier alpha value is -1.50. The molecule has 2 aliphatic carbocycles. The first kappa shape index (κ1) is 14.1. The van der Waals surface area contributed by atoms with Gasteiger partial charge < -0.3 is 4.90 Å². The van der Waals surface area contributed by atoms with Gasteiger partial charge in [0, 0.05) is 28.8 Å². The summed E-state index contributed by atoms with van der Waals surface area (Å²) < 4.78 is 0. The second-order valence-corrected chi connectivity index (χ2v) is 7.72. The van der Waals surface area contributed by atoms with Gasteiger partial charge in [0.05, 0.1) is 0 Å². The molecule has 0 aromatic heterocycles. The van der Waals surface area contributed by atoms with E-state index in [9.17, 15) is 0 Å². The molecule has 3 atom stereocenters. The van der Waals surface area contributed by atoms with Crippen LogP contribution in [0.15, 0.2) is 47.7 Å². The Morgan fingerprint density at radius 1 is 1.14 bits per heavy atom. The third-order valence-electron chi connectivity index (χ3n) is 6.17. The van der Waals surface area contributed by atoms with Gasteiger partial charge in [-0.2, -0.15) is 0 Å². The molecule has 1 fully saturated rings. The second kappa shape index (κ2) is 5.01. The van der Waals surface area contributed by atoms with Crippen molar-refractivity contribution in [3.8, 4) is 0 Å². The fourth-order valence-electron chi connectivity index (χ4n) is 4.94. The summed E-state index contributed by atoms with van der Waals surface area (Å²) in [6.45, 7) is 7.10. The van der Waals surface area contributed by atoms with Crippen molar-refractivity contribution >= 4 is 5.69 Å². The van der Waals surface area contributed by atoms with Gasteiger partial charge in [-0.25, -0.2) is 0 Å². The minimum Gasteiger partial charge on any atom is -0.341 e. The monoisotopic (exact) mass is 293 g/mol. The number of nitrogens with zero attached hydrogens (tertiary/aromatic N) is 1. The van der Waals surface area contributed by atoms with Crippen LogP contribution >= 0.6 is 0 Å². The van der Waals surface area contributed by atoms with Gasteiger partial charge in [-0.1, -0.05) is 56.5 Å². The summed E-state index contributed by atoms with van der Waals surface area (Å²) in [6.07, 6.45) is 11.5. The van der Waals surface area contributed by atoms with Gasteiger partial charge in [0.15, 0.2) is 0 Å². The molecule has 3 unspecified atom stereocenters. The average molecular weight is 293 g/mol. The first-order valence-electron chi connectivity index (χ1n) is 8.88. The van der Waals surface area contributed by atoms with Gasteiger partial charge in [0.2, 0.25) is 0 Å². The summed E-state index contributed by atoms with van der Waals surface area (Å²) in [5, 5.41) is 0. The molecule has 0 bridgehead atoms. The molecule has 1 heteroatoms. The van der Waals surface area contributed by atoms with Crippen LogP contribution in [-0.2, 0) is 0 Å². The van der Waals surface area contributed by atoms with E-state index >= 15 is 0 Å². The Labute approximate surface area is 134 Å². The average Bonchev–Trinajstić information content (AvgIpc) is 2.79. The van der Waals surface area contributed by atoms with Crippen LogP contribution in [0.1, 0.15) is 51.5 Å². The van der Waals surface area contributed by atoms with Crippen molar-refractivity contribution in [1.29, 1.82) is 0 Å². The van der Waals surface area contributed by atoms with Gasteiger partial charge in [-0.05, 0) is 43.9 Å². The predicted molar refractivity (Wildman–Crippen MR) is 94.0 cm³/mol. The van der Waals surface area contributed by atoms with Crippen molar-refractivity contribution in [2.75, 3.05) is 4.90 Å². The molecule has 4 rings (SSSR count). The summed E-state index contributed by atoms with van der Waals surface area (Å²) in [7, 11) is 0. The zero-order chi connectivity index (χ0) is 15.3. The lowest BCUT2D eigenvalue weighted by Gasteiger charge is -2.42. The highest BCUT2D eigenvalue weighted by atomic mass is 15.2. The van der Waals surface area contributed by atoms with Crippen LogP contribution in [0.3, 0.4) is 0 Å². The predicted octanol–water partition coefficient (Wildman–Crippen LogP) is 5.61. The molecule has 0 spiro atoms. The van der Waals surface area contributed by atoms with Gasteiger partial charge in [0.25, 0.3) is 0 Å². The smallest absolute Gasteiger partial charge is 0.0434 e. The Bertz CT molecular complexity index is 636. The molecule has 1 aliphatic heterocycles. The summed E-state index contributed by atoms with van der Waals surface area (Å²) in [5.74, 6) is 0.642. The van der Waals surface area contributed by atoms with E-state index in [1.54, 1.807) is 11.3 Å². The maximum atomic E-state index is 2.71. The minimum atomic E-state index is 0.351. The van der Waals surface area contributed by atoms with E-state index in [1.807, 2.05) is 0 Å². The normalized spacial score (nSPS) is 33.9. The van der Waals surface area contributed by atoms with Crippen LogP contribution in [0.5, 0.6) is 0 Å². The van der Waals surface area contributed by atoms with Crippen molar-refractivity contribution in [2.24, 2.45) is 11.3 Å². The largest absolute Gasteiger partial charge is 0.341 e. The molecule has 1 aromatic rings. The van der Waals surface area contributed by atoms with Gasteiger partial charge in [0.1, 0.15) is 0 Å². The Balaban J connectivity index is 1.86. The number of anilines is 1. The van der Waals surface area contributed by atoms with E-state index in [0.29, 0.717) is 17.4 Å². The van der Waals surface area contributed by atoms with Crippen molar-refractivity contribution in [3.63, 3.8) is 0 Å². The second-order valence-electron chi connectivity index (χ2n) is 7.72. The maximum Gasteiger partial charge on any atom is 0.0434 e. The quantitative estimate of drug-likeness (QED) is 0.650. The molecule has 22 heavy (non-hydrogen) atoms. The van der Waals surface area contributed by atoms with Crippen LogP contribution in [-0.4, -0.2) is 6.04 Å². The topological polar surface area (TPSA) is 3.24 Å². The number of fused-ring (bicyclic) bond motifs is 2. The van der Waals surface area contributed by atoms with Crippen molar-refractivity contribution < 1.29 is 0 Å². The Morgan fingerprint density at radius 2 is 1.91 bits per heavy atom. The Morgan fingerprint density at radius 3 is 2.68 bits per heavy atom. The van der Waals surface area contributed by atoms with Crippen LogP contribution < -0.4 is 4.90 Å². The van der Waals surface area contributed by atoms with Crippen molar-refractivity contribution in [1.82, 2.24) is 0 Å². The van der Waals surface area contributed by atoms with E-state index in [0.717, 1.165) is 0 Å². The number of hydrogen-bond acceptors (Lipinski definition) is 1. The van der Waals surface area contributed by atoms with E-state index in [1.165, 1.54) is 43.4 Å². The molecule has 0 amide bonds. The van der Waals surface area contributed by atoms with Crippen LogP contribution in [0.4, 0.5) is 5.69 Å². The van der Waals surface area contributed by atoms with Crippen molar-refractivity contribution in [3.05, 3.63) is 53.3 Å². The molecule has 3 aliphatic rings. The molecule has 0 radical (unpaired) electrons. The third kappa shape index (κ3) is 1.91. The van der Waals surface area contributed by atoms with E-state index in [-0.39, 0.29) is 0 Å². The summed E-state index contributed by atoms with van der Waals surface area (Å²) >= 11 is 0. The zero-order valence-corrected chi connectivity index (χ0v) is 14.1. The molecule has 0 N–H and O–H groups in total. The highest BCUT2D eigenvalue weighted by molar-refractivity contribution is 5.63. The minimum absolute atomic E-state index is 0.351. The lowest BCUT2D eigenvalue weighted by atomic mass is 9.68. The molecule has 1 saturated carbocycles. The van der Waals surface area contributed by atoms with Gasteiger partial charge in [-0.15, -0.1) is 0 Å². The number of rotatable bonds is 1. The molecule has 116 valence electrons. The van der Waals surface area contributed by atoms with E-state index < -0.39 is 0 Å². The van der Waals surface area contributed by atoms with Crippen LogP contribution in [0.2, 0.25) is 0 Å². The van der Waals surface area contributed by atoms with E-state index in [2.05, 4.69) is 62.1 Å². The SMILES string of the molecule is Cc1ccc(N2C3=C(C=CCC3C)C3(C)CCCCC23)cc1. The van der Waals surface area contributed by atoms with E-state index in [4.69, 9.17) is 0 Å². The lowest BCUT2D eigenvalue weighted by molar-refractivity contribution is 0.243. The van der Waals surface area contributed by atoms with Gasteiger partial charge in [-0.3, -0.25) is 0 Å². The molecule has 1 heterocycles. The summed E-state index contributed by atoms with van der Waals surface area (Å²) in [6, 6.07) is 9.82. The first-order chi connectivity index (χ1) is 10.6. The maximum absolute atomic E-state index is 2.71. The number of hydrogen-bond donors (Lipinski definition) is 0. The first-order valence-corrected chi connectivity index (χ1v) is 8.88. The highest BCUT2D eigenvalue weighted by Gasteiger charge is 2.51. The fourth-order valence-corrected chi connectivity index (χ4v) is 4.94. The Kier molecular flexibility index (Phi) is 3.21. The molecule has 0 saturated heterocycles. The molecule has 1 nitrogen and oxygen atoms in total. The lowest BCUT2D eigenvalue weighted by Crippen LogP contribution is -2.43. The molecular weight excluding hydrogens is 266 g/mol. The number of benzene rings is 1. The fraction of sp³-hybridized carbons (Fsp3) is 0.524. The summed E-state index contributed by atoms with van der Waals surface area (Å²) in [4.78, 5) is 2.71.